The first kappa shape index (κ1) is 23.5. The monoisotopic (exact) mass is 430 g/mol. The van der Waals surface area contributed by atoms with Crippen LogP contribution >= 0.6 is 0 Å². The third-order valence-corrected chi connectivity index (χ3v) is 4.50. The number of aliphatic carboxylic acids is 1. The third kappa shape index (κ3) is 6.89. The zero-order valence-corrected chi connectivity index (χ0v) is 16.5. The van der Waals surface area contributed by atoms with E-state index in [1.807, 2.05) is 0 Å². The summed E-state index contributed by atoms with van der Waals surface area (Å²) >= 11 is 0. The van der Waals surface area contributed by atoms with Crippen LogP contribution in [0.2, 0.25) is 0 Å². The number of aliphatic hydroxyl groups excluding tert-OH is 1. The van der Waals surface area contributed by atoms with Gasteiger partial charge in [0.2, 0.25) is 11.8 Å². The Hall–Kier alpha value is -3.79. The first-order valence-corrected chi connectivity index (χ1v) is 9.34. The van der Waals surface area contributed by atoms with Crippen molar-refractivity contribution in [3.05, 3.63) is 65.5 Å². The van der Waals surface area contributed by atoms with Crippen LogP contribution in [0.15, 0.2) is 48.5 Å². The van der Waals surface area contributed by atoms with E-state index in [4.69, 9.17) is 11.1 Å². The highest BCUT2D eigenvalue weighted by atomic mass is 19.1. The van der Waals surface area contributed by atoms with Crippen molar-refractivity contribution in [2.24, 2.45) is 5.73 Å². The molecular weight excluding hydrogens is 407 g/mol. The molecular formula is C21H23FN4O5. The van der Waals surface area contributed by atoms with Gasteiger partial charge in [0.1, 0.15) is 17.6 Å². The summed E-state index contributed by atoms with van der Waals surface area (Å²) in [6, 6.07) is 9.84. The number of anilines is 1. The predicted octanol–water partition coefficient (Wildman–Crippen LogP) is 1.17. The van der Waals surface area contributed by atoms with E-state index in [1.165, 1.54) is 12.1 Å². The second-order valence-electron chi connectivity index (χ2n) is 6.76. The number of carboxylic acid groups (broad SMARTS) is 1. The van der Waals surface area contributed by atoms with Crippen LogP contribution < -0.4 is 16.4 Å². The molecule has 164 valence electrons. The molecule has 2 atom stereocenters. The lowest BCUT2D eigenvalue weighted by atomic mass is 9.91. The lowest BCUT2D eigenvalue weighted by molar-refractivity contribution is -0.140. The number of hydrogen-bond acceptors (Lipinski definition) is 5. The molecule has 2 aromatic rings. The number of carboxylic acids is 1. The van der Waals surface area contributed by atoms with Gasteiger partial charge in [-0.15, -0.1) is 0 Å². The van der Waals surface area contributed by atoms with Gasteiger partial charge in [0, 0.05) is 24.1 Å². The second-order valence-corrected chi connectivity index (χ2v) is 6.76. The third-order valence-electron chi connectivity index (χ3n) is 4.50. The summed E-state index contributed by atoms with van der Waals surface area (Å²) in [4.78, 5) is 35.9. The molecule has 0 spiro atoms. The Kier molecular flexibility index (Phi) is 8.21. The smallest absolute Gasteiger partial charge is 0.313 e. The van der Waals surface area contributed by atoms with Gasteiger partial charge in [-0.25, -0.2) is 4.39 Å². The van der Waals surface area contributed by atoms with E-state index >= 15 is 0 Å². The summed E-state index contributed by atoms with van der Waals surface area (Å²) in [7, 11) is 0. The number of aliphatic hydroxyl groups is 1. The van der Waals surface area contributed by atoms with E-state index in [2.05, 4.69) is 10.6 Å². The van der Waals surface area contributed by atoms with Gasteiger partial charge >= 0.3 is 5.97 Å². The highest BCUT2D eigenvalue weighted by Crippen LogP contribution is 2.21. The molecule has 10 heteroatoms. The van der Waals surface area contributed by atoms with Gasteiger partial charge < -0.3 is 26.6 Å². The van der Waals surface area contributed by atoms with Crippen LogP contribution in [0.4, 0.5) is 10.1 Å². The zero-order valence-electron chi connectivity index (χ0n) is 16.5. The van der Waals surface area contributed by atoms with E-state index in [0.29, 0.717) is 11.3 Å². The molecule has 0 bridgehead atoms. The number of nitrogens with two attached hydrogens (primary N) is 1. The summed E-state index contributed by atoms with van der Waals surface area (Å²) in [5, 5.41) is 31.4. The molecule has 2 amide bonds. The van der Waals surface area contributed by atoms with Crippen LogP contribution in [-0.4, -0.2) is 46.5 Å². The lowest BCUT2D eigenvalue weighted by Gasteiger charge is -2.23. The van der Waals surface area contributed by atoms with Gasteiger partial charge in [-0.2, -0.15) is 0 Å². The predicted molar refractivity (Wildman–Crippen MR) is 111 cm³/mol. The highest BCUT2D eigenvalue weighted by molar-refractivity contribution is 5.96. The Balaban J connectivity index is 1.92. The number of hydrogen-bond donors (Lipinski definition) is 6. The van der Waals surface area contributed by atoms with Crippen LogP contribution in [0, 0.1) is 11.2 Å². The molecule has 1 unspecified atom stereocenters. The molecule has 0 aliphatic carbocycles. The molecule has 0 saturated heterocycles. The van der Waals surface area contributed by atoms with Gasteiger partial charge in [-0.3, -0.25) is 19.8 Å². The van der Waals surface area contributed by atoms with Crippen molar-refractivity contribution in [1.29, 1.82) is 5.41 Å². The molecule has 9 nitrogen and oxygen atoms in total. The number of nitrogen functional groups attached to an aromatic ring is 1. The van der Waals surface area contributed by atoms with E-state index in [1.54, 1.807) is 24.3 Å². The molecule has 0 saturated carbocycles. The summed E-state index contributed by atoms with van der Waals surface area (Å²) in [5.74, 6) is -4.29. The number of halogens is 1. The number of rotatable bonds is 10. The maximum Gasteiger partial charge on any atom is 0.313 e. The van der Waals surface area contributed by atoms with E-state index in [0.717, 1.165) is 12.1 Å². The van der Waals surface area contributed by atoms with Gasteiger partial charge in [0.25, 0.3) is 0 Å². The van der Waals surface area contributed by atoms with E-state index in [9.17, 15) is 29.0 Å². The summed E-state index contributed by atoms with van der Waals surface area (Å²) < 4.78 is 13.1. The SMILES string of the molecule is N=C(N)c1ccc(NC(=O)CCC(=O)N[C@H](CO)C(C(=O)O)c2ccc(F)cc2)cc1. The molecule has 2 rings (SSSR count). The van der Waals surface area contributed by atoms with Crippen LogP contribution in [0.5, 0.6) is 0 Å². The fraction of sp³-hybridized carbons (Fsp3) is 0.238. The van der Waals surface area contributed by atoms with Gasteiger partial charge in [0.05, 0.1) is 12.6 Å². The van der Waals surface area contributed by atoms with Crippen LogP contribution in [0.3, 0.4) is 0 Å². The molecule has 7 N–H and O–H groups in total. The van der Waals surface area contributed by atoms with Crippen LogP contribution in [0.25, 0.3) is 0 Å². The Morgan fingerprint density at radius 1 is 1.00 bits per heavy atom. The van der Waals surface area contributed by atoms with Crippen molar-refractivity contribution in [2.45, 2.75) is 24.8 Å². The Bertz CT molecular complexity index is 947. The number of carbonyl (C=O) groups excluding carboxylic acids is 2. The lowest BCUT2D eigenvalue weighted by Crippen LogP contribution is -2.44. The minimum atomic E-state index is -1.29. The molecule has 2 aromatic carbocycles. The summed E-state index contributed by atoms with van der Waals surface area (Å²) in [6.07, 6.45) is -0.406. The van der Waals surface area contributed by atoms with Gasteiger partial charge in [0.15, 0.2) is 0 Å². The first-order valence-electron chi connectivity index (χ1n) is 9.34. The van der Waals surface area contributed by atoms with Crippen molar-refractivity contribution >= 4 is 29.3 Å². The maximum atomic E-state index is 13.1. The number of amidine groups is 1. The van der Waals surface area contributed by atoms with Gasteiger partial charge in [-0.05, 0) is 42.0 Å². The second kappa shape index (κ2) is 10.8. The van der Waals surface area contributed by atoms with Crippen molar-refractivity contribution in [2.75, 3.05) is 11.9 Å². The average Bonchev–Trinajstić information content (AvgIpc) is 2.73. The largest absolute Gasteiger partial charge is 0.481 e. The number of nitrogens with one attached hydrogen (secondary N) is 3. The van der Waals surface area contributed by atoms with Crippen molar-refractivity contribution in [3.8, 4) is 0 Å². The first-order chi connectivity index (χ1) is 14.7. The maximum absolute atomic E-state index is 13.1. The zero-order chi connectivity index (χ0) is 23.0. The van der Waals surface area contributed by atoms with Crippen LogP contribution in [0.1, 0.15) is 29.9 Å². The molecule has 31 heavy (non-hydrogen) atoms. The fourth-order valence-electron chi connectivity index (χ4n) is 2.91. The van der Waals surface area contributed by atoms with Crippen molar-refractivity contribution in [3.63, 3.8) is 0 Å². The van der Waals surface area contributed by atoms with Gasteiger partial charge in [-0.1, -0.05) is 12.1 Å². The Morgan fingerprint density at radius 3 is 2.10 bits per heavy atom. The summed E-state index contributed by atoms with van der Waals surface area (Å²) in [6.45, 7) is -0.658. The molecule has 0 radical (unpaired) electrons. The van der Waals surface area contributed by atoms with Crippen molar-refractivity contribution in [1.82, 2.24) is 5.32 Å². The Labute approximate surface area is 177 Å². The number of amides is 2. The average molecular weight is 430 g/mol. The quantitative estimate of drug-likeness (QED) is 0.244. The normalized spacial score (nSPS) is 12.5. The van der Waals surface area contributed by atoms with Crippen LogP contribution in [-0.2, 0) is 14.4 Å². The van der Waals surface area contributed by atoms with E-state index < -0.39 is 42.2 Å². The summed E-state index contributed by atoms with van der Waals surface area (Å²) in [5.41, 5.74) is 6.55. The molecule has 0 aliphatic rings. The number of benzene rings is 2. The minimum absolute atomic E-state index is 0.103. The molecule has 0 aromatic heterocycles. The fourth-order valence-corrected chi connectivity index (χ4v) is 2.91. The topological polar surface area (TPSA) is 166 Å². The molecule has 0 aliphatic heterocycles. The highest BCUT2D eigenvalue weighted by Gasteiger charge is 2.30. The molecule has 0 heterocycles. The standard InChI is InChI=1S/C21H23FN4O5/c22-14-5-1-12(2-6-14)19(21(30)31)16(11-27)26-18(29)10-9-17(28)25-15-7-3-13(4-8-15)20(23)24/h1-8,16,19,27H,9-11H2,(H3,23,24)(H,25,28)(H,26,29)(H,30,31)/t16-,19?/m1/s1. The van der Waals surface area contributed by atoms with Crippen molar-refractivity contribution < 1.29 is 29.0 Å². The number of carbonyl (C=O) groups is 3. The Morgan fingerprint density at radius 2 is 1.58 bits per heavy atom. The molecule has 0 fully saturated rings. The minimum Gasteiger partial charge on any atom is -0.481 e. The van der Waals surface area contributed by atoms with E-state index in [-0.39, 0.29) is 24.2 Å².